The molecule has 0 saturated carbocycles. The van der Waals surface area contributed by atoms with Gasteiger partial charge in [-0.15, -0.1) is 0 Å². The summed E-state index contributed by atoms with van der Waals surface area (Å²) in [5.41, 5.74) is -0.119. The van der Waals surface area contributed by atoms with Crippen LogP contribution in [0.3, 0.4) is 0 Å². The topological polar surface area (TPSA) is 224 Å². The predicted molar refractivity (Wildman–Crippen MR) is 181 cm³/mol. The van der Waals surface area contributed by atoms with Crippen LogP contribution in [0.15, 0.2) is 29.2 Å². The summed E-state index contributed by atoms with van der Waals surface area (Å²) >= 11 is 1.39. The average Bonchev–Trinajstić information content (AvgIpc) is 3.46. The summed E-state index contributed by atoms with van der Waals surface area (Å²) in [5.74, 6) is -1.47. The van der Waals surface area contributed by atoms with Gasteiger partial charge in [-0.2, -0.15) is 11.8 Å². The van der Waals surface area contributed by atoms with Crippen molar-refractivity contribution in [2.75, 3.05) is 43.2 Å². The van der Waals surface area contributed by atoms with E-state index in [-0.39, 0.29) is 61.7 Å². The van der Waals surface area contributed by atoms with Gasteiger partial charge in [-0.05, 0) is 51.7 Å². The Hall–Kier alpha value is -3.64. The van der Waals surface area contributed by atoms with Gasteiger partial charge in [0, 0.05) is 50.1 Å². The first kappa shape index (κ1) is 41.5. The monoisotopic (exact) mass is 711 g/mol. The highest BCUT2D eigenvalue weighted by Crippen LogP contribution is 2.21. The van der Waals surface area contributed by atoms with Gasteiger partial charge < -0.3 is 40.0 Å². The molecule has 5 N–H and O–H groups in total. The molecule has 1 aromatic heterocycles. The molecule has 0 spiro atoms. The summed E-state index contributed by atoms with van der Waals surface area (Å²) in [6.07, 6.45) is 2.57. The number of ether oxygens (including phenoxy) is 4. The molecule has 49 heavy (non-hydrogen) atoms. The minimum atomic E-state index is -0.919. The number of aliphatic hydroxyl groups is 1. The van der Waals surface area contributed by atoms with Crippen molar-refractivity contribution in [1.29, 1.82) is 0 Å². The third-order valence-corrected chi connectivity index (χ3v) is 8.36. The molecule has 274 valence electrons. The first-order valence-electron chi connectivity index (χ1n) is 16.2. The third-order valence-electron chi connectivity index (χ3n) is 7.18. The lowest BCUT2D eigenvalue weighted by Gasteiger charge is -2.20. The molecular weight excluding hydrogens is 662 g/mol. The van der Waals surface area contributed by atoms with Gasteiger partial charge in [0.1, 0.15) is 11.9 Å². The molecule has 1 aromatic rings. The summed E-state index contributed by atoms with van der Waals surface area (Å²) in [7, 11) is 0. The van der Waals surface area contributed by atoms with Crippen molar-refractivity contribution in [3.05, 3.63) is 34.9 Å². The maximum Gasteiger partial charge on any atom is 0.346 e. The van der Waals surface area contributed by atoms with Crippen molar-refractivity contribution < 1.29 is 48.0 Å². The van der Waals surface area contributed by atoms with Crippen LogP contribution in [0.5, 0.6) is 0 Å². The minimum absolute atomic E-state index is 0.0127. The SMILES string of the molecule is C=C(C)C(=O)CCC(C)OCC[C@@H](C)OCCC(=O)N[C@H](CSCC1CC[C@@H](O)O1)C(=O)NCCC(=O)OCC(=O)Nc1ccnc(=O)[nH]1. The summed E-state index contributed by atoms with van der Waals surface area (Å²) in [5, 5.41) is 17.3. The van der Waals surface area contributed by atoms with E-state index in [9.17, 15) is 33.9 Å². The van der Waals surface area contributed by atoms with Gasteiger partial charge in [0.25, 0.3) is 5.91 Å². The molecule has 2 heterocycles. The molecule has 16 nitrogen and oxygen atoms in total. The predicted octanol–water partition coefficient (Wildman–Crippen LogP) is 0.989. The molecule has 3 amide bonds. The molecule has 2 unspecified atom stereocenters. The van der Waals surface area contributed by atoms with E-state index in [0.29, 0.717) is 50.0 Å². The van der Waals surface area contributed by atoms with Crippen molar-refractivity contribution in [2.24, 2.45) is 0 Å². The zero-order valence-electron chi connectivity index (χ0n) is 28.3. The molecular formula is C32H49N5O11S. The van der Waals surface area contributed by atoms with Gasteiger partial charge in [-0.25, -0.2) is 9.78 Å². The number of ketones is 1. The Morgan fingerprint density at radius 1 is 1.08 bits per heavy atom. The number of H-pyrrole nitrogens is 1. The number of rotatable bonds is 24. The molecule has 1 saturated heterocycles. The van der Waals surface area contributed by atoms with Gasteiger partial charge in [-0.3, -0.25) is 29.0 Å². The number of aliphatic hydroxyl groups excluding tert-OH is 1. The van der Waals surface area contributed by atoms with E-state index >= 15 is 0 Å². The molecule has 5 atom stereocenters. The standard InChI is InChI=1S/C32H49N5O11S/c1-20(2)25(38)7-5-21(3)45-15-11-22(4)46-16-12-27(39)35-24(19-49-18-23-6-8-30(42)48-23)31(43)33-14-10-29(41)47-17-28(40)36-26-9-13-34-32(44)37-26/h9,13,21-24,30,42H,1,5-8,10-12,14-19H2,2-4H3,(H,33,43)(H,35,39)(H2,34,36,37,40,44)/t21?,22-,23?,24-,30+/m1/s1. The molecule has 0 radical (unpaired) electrons. The third kappa shape index (κ3) is 18.6. The van der Waals surface area contributed by atoms with Crippen LogP contribution >= 0.6 is 11.8 Å². The molecule has 0 bridgehead atoms. The average molecular weight is 712 g/mol. The van der Waals surface area contributed by atoms with E-state index in [1.54, 1.807) is 6.92 Å². The van der Waals surface area contributed by atoms with Crippen LogP contribution in [0.25, 0.3) is 0 Å². The highest BCUT2D eigenvalue weighted by molar-refractivity contribution is 7.99. The summed E-state index contributed by atoms with van der Waals surface area (Å²) in [6, 6.07) is 0.442. The number of hydrogen-bond acceptors (Lipinski definition) is 13. The number of nitrogens with zero attached hydrogens (tertiary/aromatic N) is 1. The van der Waals surface area contributed by atoms with Gasteiger partial charge in [0.05, 0.1) is 31.3 Å². The Balaban J connectivity index is 1.72. The van der Waals surface area contributed by atoms with Crippen LogP contribution < -0.4 is 21.6 Å². The largest absolute Gasteiger partial charge is 0.456 e. The number of Topliss-reactive ketones (excluding diaryl/α,β-unsaturated/α-hetero) is 1. The lowest BCUT2D eigenvalue weighted by Crippen LogP contribution is -2.49. The number of esters is 1. The van der Waals surface area contributed by atoms with Crippen LogP contribution in [0.2, 0.25) is 0 Å². The number of nitrogens with one attached hydrogen (secondary N) is 4. The van der Waals surface area contributed by atoms with Crippen molar-refractivity contribution >= 4 is 47.1 Å². The zero-order chi connectivity index (χ0) is 36.2. The summed E-state index contributed by atoms with van der Waals surface area (Å²) < 4.78 is 21.8. The molecule has 0 aromatic carbocycles. The lowest BCUT2D eigenvalue weighted by atomic mass is 10.1. The Morgan fingerprint density at radius 2 is 1.82 bits per heavy atom. The second kappa shape index (κ2) is 22.9. The second-order valence-electron chi connectivity index (χ2n) is 11.6. The number of allylic oxidation sites excluding steroid dienone is 1. The molecule has 2 rings (SSSR count). The number of aromatic nitrogens is 2. The quantitative estimate of drug-likeness (QED) is 0.0746. The van der Waals surface area contributed by atoms with Crippen LogP contribution in [0, 0.1) is 0 Å². The Morgan fingerprint density at radius 3 is 2.51 bits per heavy atom. The number of carbonyl (C=O) groups is 5. The lowest BCUT2D eigenvalue weighted by molar-refractivity contribution is -0.147. The molecule has 17 heteroatoms. The van der Waals surface area contributed by atoms with Crippen molar-refractivity contribution in [3.63, 3.8) is 0 Å². The van der Waals surface area contributed by atoms with Crippen molar-refractivity contribution in [1.82, 2.24) is 20.6 Å². The van der Waals surface area contributed by atoms with E-state index < -0.39 is 48.3 Å². The van der Waals surface area contributed by atoms with E-state index in [4.69, 9.17) is 18.9 Å². The number of hydrogen-bond donors (Lipinski definition) is 5. The summed E-state index contributed by atoms with van der Waals surface area (Å²) in [4.78, 5) is 78.4. The van der Waals surface area contributed by atoms with Crippen LogP contribution in [0.1, 0.15) is 65.7 Å². The van der Waals surface area contributed by atoms with Gasteiger partial charge in [-0.1, -0.05) is 6.58 Å². The normalized spacial score (nSPS) is 17.4. The van der Waals surface area contributed by atoms with Gasteiger partial charge in [0.15, 0.2) is 18.7 Å². The fraction of sp³-hybridized carbons (Fsp3) is 0.656. The second-order valence-corrected chi connectivity index (χ2v) is 12.7. The van der Waals surface area contributed by atoms with Crippen LogP contribution in [-0.4, -0.2) is 113 Å². The number of amides is 3. The van der Waals surface area contributed by atoms with E-state index in [0.717, 1.165) is 0 Å². The minimum Gasteiger partial charge on any atom is -0.456 e. The van der Waals surface area contributed by atoms with Crippen molar-refractivity contribution in [2.45, 2.75) is 96.4 Å². The Labute approximate surface area is 289 Å². The van der Waals surface area contributed by atoms with Crippen LogP contribution in [0.4, 0.5) is 5.82 Å². The highest BCUT2D eigenvalue weighted by atomic mass is 32.2. The van der Waals surface area contributed by atoms with Crippen molar-refractivity contribution in [3.8, 4) is 0 Å². The van der Waals surface area contributed by atoms with Gasteiger partial charge in [0.2, 0.25) is 11.8 Å². The molecule has 0 aliphatic carbocycles. The number of aromatic amines is 1. The highest BCUT2D eigenvalue weighted by Gasteiger charge is 2.26. The van der Waals surface area contributed by atoms with E-state index in [2.05, 4.69) is 32.5 Å². The van der Waals surface area contributed by atoms with E-state index in [1.807, 2.05) is 13.8 Å². The first-order chi connectivity index (χ1) is 23.3. The number of anilines is 1. The smallest absolute Gasteiger partial charge is 0.346 e. The first-order valence-corrected chi connectivity index (χ1v) is 17.4. The molecule has 1 aliphatic rings. The van der Waals surface area contributed by atoms with Gasteiger partial charge >= 0.3 is 11.7 Å². The molecule has 1 fully saturated rings. The summed E-state index contributed by atoms with van der Waals surface area (Å²) in [6.45, 7) is 8.97. The Kier molecular flexibility index (Phi) is 19.4. The number of thioether (sulfide) groups is 1. The zero-order valence-corrected chi connectivity index (χ0v) is 29.1. The molecule has 1 aliphatic heterocycles. The maximum atomic E-state index is 13.0. The Bertz CT molecular complexity index is 1310. The van der Waals surface area contributed by atoms with E-state index in [1.165, 1.54) is 24.0 Å². The maximum absolute atomic E-state index is 13.0. The number of carbonyl (C=O) groups excluding carboxylic acids is 5. The van der Waals surface area contributed by atoms with Crippen LogP contribution in [-0.2, 0) is 42.9 Å². The fourth-order valence-corrected chi connectivity index (χ4v) is 5.45. The fourth-order valence-electron chi connectivity index (χ4n) is 4.34.